The summed E-state index contributed by atoms with van der Waals surface area (Å²) in [6.45, 7) is 2.01. The van der Waals surface area contributed by atoms with Gasteiger partial charge in [0.05, 0.1) is 6.23 Å². The number of ether oxygens (including phenoxy) is 1. The maximum absolute atomic E-state index is 7.20. The Bertz CT molecular complexity index is 153. The van der Waals surface area contributed by atoms with E-state index in [1.165, 1.54) is 7.05 Å². The van der Waals surface area contributed by atoms with Gasteiger partial charge in [0.2, 0.25) is 0 Å². The molecule has 0 aromatic carbocycles. The summed E-state index contributed by atoms with van der Waals surface area (Å²) in [7, 11) is 2.86. The van der Waals surface area contributed by atoms with E-state index in [4.69, 9.17) is 16.2 Å². The molecular formula is C7H16CoN4O. The first-order valence-corrected chi connectivity index (χ1v) is 3.81. The average molecular weight is 231 g/mol. The van der Waals surface area contributed by atoms with E-state index < -0.39 is 0 Å². The summed E-state index contributed by atoms with van der Waals surface area (Å²) in [6.07, 6.45) is 0.725. The number of nitrogens with one attached hydrogen (secondary N) is 3. The molecule has 13 heavy (non-hydrogen) atoms. The average Bonchev–Trinajstić information content (AvgIpc) is 2.06. The largest absolute Gasteiger partial charge is 2.00 e. The smallest absolute Gasteiger partial charge is 0.680 e. The topological polar surface area (TPSA) is 81.2 Å². The molecule has 1 rings (SSSR count). The summed E-state index contributed by atoms with van der Waals surface area (Å²) >= 11 is 0. The number of aliphatic imine (C=N–C) groups is 1. The first kappa shape index (κ1) is 15.2. The predicted octanol–water partition coefficient (Wildman–Crippen LogP) is 1.41. The number of methoxy groups -OCH3 is 1. The molecule has 0 amide bonds. The molecule has 0 bridgehead atoms. The monoisotopic (exact) mass is 231 g/mol. The van der Waals surface area contributed by atoms with E-state index in [1.54, 1.807) is 7.11 Å². The number of hydrogen-bond acceptors (Lipinski definition) is 3. The maximum atomic E-state index is 7.20. The minimum absolute atomic E-state index is 0. The molecule has 2 atom stereocenters. The van der Waals surface area contributed by atoms with Crippen molar-refractivity contribution in [2.45, 2.75) is 25.6 Å². The van der Waals surface area contributed by atoms with Gasteiger partial charge in [0.15, 0.2) is 0 Å². The molecule has 1 aliphatic rings. The summed E-state index contributed by atoms with van der Waals surface area (Å²) in [6, 6.07) is 0.301. The van der Waals surface area contributed by atoms with Crippen molar-refractivity contribution < 1.29 is 21.5 Å². The first-order valence-electron chi connectivity index (χ1n) is 3.81. The van der Waals surface area contributed by atoms with Crippen molar-refractivity contribution in [2.75, 3.05) is 14.2 Å². The second-order valence-corrected chi connectivity index (χ2v) is 2.45. The van der Waals surface area contributed by atoms with Gasteiger partial charge in [-0.2, -0.15) is 7.05 Å². The third-order valence-corrected chi connectivity index (χ3v) is 1.48. The second-order valence-electron chi connectivity index (χ2n) is 2.45. The van der Waals surface area contributed by atoms with Crippen molar-refractivity contribution in [3.05, 3.63) is 11.5 Å². The molecule has 79 valence electrons. The zero-order valence-electron chi connectivity index (χ0n) is 8.05. The number of rotatable bonds is 1. The van der Waals surface area contributed by atoms with Gasteiger partial charge in [-0.3, -0.25) is 0 Å². The third-order valence-electron chi connectivity index (χ3n) is 1.48. The summed E-state index contributed by atoms with van der Waals surface area (Å²) in [4.78, 5) is 3.90. The van der Waals surface area contributed by atoms with Crippen molar-refractivity contribution in [1.82, 2.24) is 5.32 Å². The molecule has 0 saturated carbocycles. The van der Waals surface area contributed by atoms with Crippen molar-refractivity contribution in [1.29, 1.82) is 0 Å². The van der Waals surface area contributed by atoms with Crippen LogP contribution in [0.1, 0.15) is 13.3 Å². The van der Waals surface area contributed by atoms with Crippen LogP contribution in [-0.2, 0) is 21.5 Å². The molecule has 1 heterocycles. The van der Waals surface area contributed by atoms with Crippen LogP contribution in [0.4, 0.5) is 0 Å². The molecule has 0 spiro atoms. The van der Waals surface area contributed by atoms with Crippen molar-refractivity contribution in [2.24, 2.45) is 4.99 Å². The predicted molar refractivity (Wildman–Crippen MR) is 50.0 cm³/mol. The van der Waals surface area contributed by atoms with Crippen LogP contribution in [0, 0.1) is 0 Å². The van der Waals surface area contributed by atoms with Gasteiger partial charge < -0.3 is 26.5 Å². The van der Waals surface area contributed by atoms with Gasteiger partial charge in [-0.1, -0.05) is 6.92 Å². The zero-order valence-corrected chi connectivity index (χ0v) is 9.09. The van der Waals surface area contributed by atoms with Crippen LogP contribution >= 0.6 is 0 Å². The van der Waals surface area contributed by atoms with Crippen molar-refractivity contribution >= 4 is 5.96 Å². The van der Waals surface area contributed by atoms with Crippen molar-refractivity contribution in [3.8, 4) is 0 Å². The van der Waals surface area contributed by atoms with Gasteiger partial charge >= 0.3 is 16.8 Å². The van der Waals surface area contributed by atoms with Crippen LogP contribution in [0.3, 0.4) is 0 Å². The SMILES string of the molecule is COC1CC(C)NC([NH-])=N1.C[NH-].[Co+2]. The molecule has 5 nitrogen and oxygen atoms in total. The third kappa shape index (κ3) is 5.86. The normalized spacial score (nSPS) is 25.7. The second kappa shape index (κ2) is 8.30. The Morgan fingerprint density at radius 2 is 2.08 bits per heavy atom. The van der Waals surface area contributed by atoms with E-state index in [-0.39, 0.29) is 29.0 Å². The van der Waals surface area contributed by atoms with Crippen LogP contribution in [0.15, 0.2) is 4.99 Å². The van der Waals surface area contributed by atoms with Gasteiger partial charge in [0.25, 0.3) is 0 Å². The Balaban J connectivity index is 0. The molecule has 0 saturated heterocycles. The summed E-state index contributed by atoms with van der Waals surface area (Å²) in [5.41, 5.74) is 12.9. The fourth-order valence-electron chi connectivity index (χ4n) is 0.978. The van der Waals surface area contributed by atoms with E-state index in [0.717, 1.165) is 6.42 Å². The molecule has 0 aromatic rings. The molecule has 0 fully saturated rings. The standard InChI is InChI=1S/C6H12N3O.CH4N.Co/c1-4-3-5(10-2)9-6(7)8-4;1-2;/h4-5H,3H2,1-2H3,(H2-,7,8,9);2H,1H3;/q2*-1;+2. The Morgan fingerprint density at radius 3 is 2.46 bits per heavy atom. The molecule has 3 N–H and O–H groups in total. The number of guanidine groups is 1. The number of nitrogens with zero attached hydrogens (tertiary/aromatic N) is 1. The fraction of sp³-hybridized carbons (Fsp3) is 0.857. The summed E-state index contributed by atoms with van der Waals surface area (Å²) in [5, 5.41) is 2.88. The Labute approximate surface area is 89.5 Å². The molecule has 0 aliphatic carbocycles. The van der Waals surface area contributed by atoms with Crippen LogP contribution in [0.5, 0.6) is 0 Å². The Morgan fingerprint density at radius 1 is 1.54 bits per heavy atom. The van der Waals surface area contributed by atoms with Gasteiger partial charge in [0, 0.05) is 13.1 Å². The van der Waals surface area contributed by atoms with Gasteiger partial charge in [-0.05, 0) is 12.5 Å². The van der Waals surface area contributed by atoms with Crippen LogP contribution in [0.2, 0.25) is 0 Å². The summed E-state index contributed by atoms with van der Waals surface area (Å²) < 4.78 is 4.98. The van der Waals surface area contributed by atoms with E-state index in [1.807, 2.05) is 6.92 Å². The van der Waals surface area contributed by atoms with Gasteiger partial charge in [-0.15, -0.1) is 0 Å². The number of hydrogen-bond donors (Lipinski definition) is 1. The molecule has 2 unspecified atom stereocenters. The quantitative estimate of drug-likeness (QED) is 0.740. The van der Waals surface area contributed by atoms with Crippen LogP contribution < -0.4 is 5.32 Å². The van der Waals surface area contributed by atoms with Gasteiger partial charge in [0.1, 0.15) is 0 Å². The minimum atomic E-state index is -0.122. The van der Waals surface area contributed by atoms with Gasteiger partial charge in [-0.25, -0.2) is 0 Å². The maximum Gasteiger partial charge on any atom is 2.00 e. The molecule has 1 radical (unpaired) electrons. The first-order chi connectivity index (χ1) is 5.72. The van der Waals surface area contributed by atoms with E-state index in [0.29, 0.717) is 6.04 Å². The Kier molecular flexibility index (Phi) is 9.69. The van der Waals surface area contributed by atoms with Crippen molar-refractivity contribution in [3.63, 3.8) is 0 Å². The van der Waals surface area contributed by atoms with Crippen LogP contribution in [0.25, 0.3) is 11.5 Å². The Hall–Kier alpha value is -0.304. The molecular weight excluding hydrogens is 215 g/mol. The zero-order chi connectivity index (χ0) is 9.56. The van der Waals surface area contributed by atoms with E-state index in [9.17, 15) is 0 Å². The molecule has 0 aromatic heterocycles. The minimum Gasteiger partial charge on any atom is -0.680 e. The molecule has 6 heteroatoms. The van der Waals surface area contributed by atoms with Crippen LogP contribution in [-0.4, -0.2) is 32.4 Å². The summed E-state index contributed by atoms with van der Waals surface area (Å²) in [5.74, 6) is 0.227. The van der Waals surface area contributed by atoms with E-state index in [2.05, 4.69) is 10.3 Å². The fourth-order valence-corrected chi connectivity index (χ4v) is 0.978. The van der Waals surface area contributed by atoms with E-state index >= 15 is 0 Å². The molecule has 1 aliphatic heterocycles.